The van der Waals surface area contributed by atoms with Crippen LogP contribution in [0, 0.1) is 0 Å². The number of hydrogen-bond donors (Lipinski definition) is 2. The monoisotopic (exact) mass is 259 g/mol. The molecule has 0 aliphatic heterocycles. The van der Waals surface area contributed by atoms with Crippen LogP contribution in [0.4, 0.5) is 4.79 Å². The smallest absolute Gasteiger partial charge is 0.408 e. The summed E-state index contributed by atoms with van der Waals surface area (Å²) in [5.41, 5.74) is -1.05. The Hall–Kier alpha value is -1.26. The molecule has 0 saturated carbocycles. The number of ether oxygens (including phenoxy) is 1. The van der Waals surface area contributed by atoms with Crippen molar-refractivity contribution in [2.75, 3.05) is 0 Å². The molecule has 0 aliphatic carbocycles. The van der Waals surface area contributed by atoms with Gasteiger partial charge in [0.2, 0.25) is 0 Å². The number of carboxylic acids is 1. The van der Waals surface area contributed by atoms with Crippen LogP contribution in [0.15, 0.2) is 0 Å². The topological polar surface area (TPSA) is 75.6 Å². The third-order valence-electron chi connectivity index (χ3n) is 2.94. The van der Waals surface area contributed by atoms with E-state index in [1.54, 1.807) is 20.8 Å². The molecule has 1 amide bonds. The van der Waals surface area contributed by atoms with Crippen LogP contribution in [0.1, 0.15) is 60.3 Å². The quantitative estimate of drug-likeness (QED) is 0.769. The van der Waals surface area contributed by atoms with Gasteiger partial charge >= 0.3 is 12.1 Å². The van der Waals surface area contributed by atoms with E-state index in [4.69, 9.17) is 9.84 Å². The zero-order valence-corrected chi connectivity index (χ0v) is 12.0. The van der Waals surface area contributed by atoms with E-state index in [2.05, 4.69) is 5.32 Å². The maximum Gasteiger partial charge on any atom is 0.408 e. The SMILES string of the molecule is CCC(CC)(CCC(=O)O)NC(=O)OC(C)(C)C. The number of nitrogens with one attached hydrogen (secondary N) is 1. The lowest BCUT2D eigenvalue weighted by molar-refractivity contribution is -0.137. The minimum absolute atomic E-state index is 0.0392. The first-order valence-electron chi connectivity index (χ1n) is 6.37. The molecule has 0 rings (SSSR count). The molecular weight excluding hydrogens is 234 g/mol. The lowest BCUT2D eigenvalue weighted by Crippen LogP contribution is -2.49. The van der Waals surface area contributed by atoms with Gasteiger partial charge in [0.1, 0.15) is 5.60 Å². The van der Waals surface area contributed by atoms with E-state index in [0.29, 0.717) is 19.3 Å². The maximum absolute atomic E-state index is 11.8. The van der Waals surface area contributed by atoms with Gasteiger partial charge in [0.25, 0.3) is 0 Å². The average molecular weight is 259 g/mol. The molecule has 0 aromatic heterocycles. The van der Waals surface area contributed by atoms with Gasteiger partial charge in [0.15, 0.2) is 0 Å². The summed E-state index contributed by atoms with van der Waals surface area (Å²) >= 11 is 0. The molecule has 0 atom stereocenters. The lowest BCUT2D eigenvalue weighted by Gasteiger charge is -2.33. The Morgan fingerprint density at radius 3 is 2.00 bits per heavy atom. The van der Waals surface area contributed by atoms with Crippen LogP contribution in [0.3, 0.4) is 0 Å². The van der Waals surface area contributed by atoms with Crippen LogP contribution >= 0.6 is 0 Å². The lowest BCUT2D eigenvalue weighted by atomic mass is 9.88. The Bertz CT molecular complexity index is 290. The molecule has 0 aliphatic rings. The summed E-state index contributed by atoms with van der Waals surface area (Å²) in [4.78, 5) is 22.4. The predicted octanol–water partition coefficient (Wildman–Crippen LogP) is 2.93. The number of aliphatic carboxylic acids is 1. The first-order chi connectivity index (χ1) is 8.14. The molecule has 0 bridgehead atoms. The van der Waals surface area contributed by atoms with Crippen molar-refractivity contribution >= 4 is 12.1 Å². The molecule has 18 heavy (non-hydrogen) atoms. The second-order valence-corrected chi connectivity index (χ2v) is 5.51. The number of rotatable bonds is 6. The summed E-state index contributed by atoms with van der Waals surface area (Å²) in [6.07, 6.45) is 1.31. The molecule has 0 heterocycles. The number of carbonyl (C=O) groups is 2. The minimum Gasteiger partial charge on any atom is -0.481 e. The maximum atomic E-state index is 11.8. The average Bonchev–Trinajstić information content (AvgIpc) is 2.21. The number of carbonyl (C=O) groups excluding carboxylic acids is 1. The molecule has 2 N–H and O–H groups in total. The van der Waals surface area contributed by atoms with Gasteiger partial charge in [-0.05, 0) is 40.0 Å². The molecule has 0 aromatic rings. The van der Waals surface area contributed by atoms with Crippen LogP contribution < -0.4 is 5.32 Å². The number of carboxylic acid groups (broad SMARTS) is 1. The van der Waals surface area contributed by atoms with Gasteiger partial charge in [-0.1, -0.05) is 13.8 Å². The van der Waals surface area contributed by atoms with Crippen molar-refractivity contribution in [1.82, 2.24) is 5.32 Å². The molecule has 0 aromatic carbocycles. The van der Waals surface area contributed by atoms with E-state index in [9.17, 15) is 9.59 Å². The van der Waals surface area contributed by atoms with Crippen LogP contribution in [0.5, 0.6) is 0 Å². The van der Waals surface area contributed by atoms with E-state index < -0.39 is 23.2 Å². The number of amides is 1. The Balaban J connectivity index is 4.59. The van der Waals surface area contributed by atoms with E-state index in [1.165, 1.54) is 0 Å². The normalized spacial score (nSPS) is 12.1. The van der Waals surface area contributed by atoms with Gasteiger partial charge < -0.3 is 15.2 Å². The third kappa shape index (κ3) is 6.47. The number of alkyl carbamates (subject to hydrolysis) is 1. The van der Waals surface area contributed by atoms with E-state index >= 15 is 0 Å². The van der Waals surface area contributed by atoms with Crippen LogP contribution in [0.2, 0.25) is 0 Å². The molecule has 0 saturated heterocycles. The molecular formula is C13H25NO4. The van der Waals surface area contributed by atoms with Gasteiger partial charge in [0, 0.05) is 12.0 Å². The fourth-order valence-electron chi connectivity index (χ4n) is 1.71. The van der Waals surface area contributed by atoms with Gasteiger partial charge in [-0.2, -0.15) is 0 Å². The highest BCUT2D eigenvalue weighted by molar-refractivity contribution is 5.69. The van der Waals surface area contributed by atoms with E-state index in [1.807, 2.05) is 13.8 Å². The van der Waals surface area contributed by atoms with Crippen molar-refractivity contribution in [3.8, 4) is 0 Å². The Morgan fingerprint density at radius 1 is 1.17 bits per heavy atom. The molecule has 5 nitrogen and oxygen atoms in total. The highest BCUT2D eigenvalue weighted by Gasteiger charge is 2.30. The van der Waals surface area contributed by atoms with Crippen molar-refractivity contribution in [3.05, 3.63) is 0 Å². The zero-order chi connectivity index (χ0) is 14.4. The van der Waals surface area contributed by atoms with Gasteiger partial charge in [-0.3, -0.25) is 4.79 Å². The standard InChI is InChI=1S/C13H25NO4/c1-6-13(7-2,9-8-10(15)16)14-11(17)18-12(3,4)5/h6-9H2,1-5H3,(H,14,17)(H,15,16). The molecule has 0 radical (unpaired) electrons. The minimum atomic E-state index is -0.854. The molecule has 0 unspecified atom stereocenters. The van der Waals surface area contributed by atoms with Crippen molar-refractivity contribution in [2.45, 2.75) is 71.4 Å². The second kappa shape index (κ2) is 6.61. The van der Waals surface area contributed by atoms with Crippen molar-refractivity contribution in [3.63, 3.8) is 0 Å². The van der Waals surface area contributed by atoms with Crippen molar-refractivity contribution in [2.24, 2.45) is 0 Å². The first-order valence-corrected chi connectivity index (χ1v) is 6.37. The highest BCUT2D eigenvalue weighted by atomic mass is 16.6. The van der Waals surface area contributed by atoms with Gasteiger partial charge in [0.05, 0.1) is 0 Å². The second-order valence-electron chi connectivity index (χ2n) is 5.51. The van der Waals surface area contributed by atoms with Crippen molar-refractivity contribution < 1.29 is 19.4 Å². The van der Waals surface area contributed by atoms with Crippen LogP contribution in [-0.4, -0.2) is 28.3 Å². The molecule has 0 fully saturated rings. The Morgan fingerprint density at radius 2 is 1.67 bits per heavy atom. The van der Waals surface area contributed by atoms with Crippen LogP contribution in [-0.2, 0) is 9.53 Å². The van der Waals surface area contributed by atoms with E-state index in [-0.39, 0.29) is 6.42 Å². The fraction of sp³-hybridized carbons (Fsp3) is 0.846. The summed E-state index contributed by atoms with van der Waals surface area (Å²) in [6, 6.07) is 0. The summed E-state index contributed by atoms with van der Waals surface area (Å²) < 4.78 is 5.21. The number of hydrogen-bond acceptors (Lipinski definition) is 3. The van der Waals surface area contributed by atoms with Gasteiger partial charge in [-0.25, -0.2) is 4.79 Å². The predicted molar refractivity (Wildman–Crippen MR) is 69.6 cm³/mol. The first kappa shape index (κ1) is 16.7. The summed E-state index contributed by atoms with van der Waals surface area (Å²) in [6.45, 7) is 9.25. The summed E-state index contributed by atoms with van der Waals surface area (Å²) in [7, 11) is 0. The van der Waals surface area contributed by atoms with Gasteiger partial charge in [-0.15, -0.1) is 0 Å². The zero-order valence-electron chi connectivity index (χ0n) is 12.0. The van der Waals surface area contributed by atoms with E-state index in [0.717, 1.165) is 0 Å². The highest BCUT2D eigenvalue weighted by Crippen LogP contribution is 2.22. The summed E-state index contributed by atoms with van der Waals surface area (Å²) in [5.74, 6) is -0.854. The molecule has 106 valence electrons. The summed E-state index contributed by atoms with van der Waals surface area (Å²) in [5, 5.41) is 11.6. The third-order valence-corrected chi connectivity index (χ3v) is 2.94. The Labute approximate surface area is 109 Å². The largest absolute Gasteiger partial charge is 0.481 e. The Kier molecular flexibility index (Phi) is 6.15. The van der Waals surface area contributed by atoms with Crippen LogP contribution in [0.25, 0.3) is 0 Å². The van der Waals surface area contributed by atoms with Crippen molar-refractivity contribution in [1.29, 1.82) is 0 Å². The molecule has 0 spiro atoms. The fourth-order valence-corrected chi connectivity index (χ4v) is 1.71. The molecule has 5 heteroatoms.